The summed E-state index contributed by atoms with van der Waals surface area (Å²) in [7, 11) is -3.70. The van der Waals surface area contributed by atoms with Gasteiger partial charge in [0.25, 0.3) is 11.8 Å². The van der Waals surface area contributed by atoms with E-state index in [4.69, 9.17) is 9.62 Å². The van der Waals surface area contributed by atoms with Gasteiger partial charge in [0.15, 0.2) is 5.58 Å². The van der Waals surface area contributed by atoms with E-state index < -0.39 is 33.4 Å². The molecule has 0 aliphatic heterocycles. The van der Waals surface area contributed by atoms with Crippen LogP contribution in [0.2, 0.25) is 0 Å². The van der Waals surface area contributed by atoms with Gasteiger partial charge in [-0.3, -0.25) is 14.8 Å². The molecule has 0 radical (unpaired) electrons. The smallest absolute Gasteiger partial charge is 0.267 e. The first-order valence-corrected chi connectivity index (χ1v) is 11.1. The van der Waals surface area contributed by atoms with E-state index in [1.807, 2.05) is 18.2 Å². The molecule has 1 atom stereocenters. The van der Waals surface area contributed by atoms with Gasteiger partial charge in [-0.2, -0.15) is 0 Å². The van der Waals surface area contributed by atoms with Crippen molar-refractivity contribution in [3.05, 3.63) is 54.1 Å². The Kier molecular flexibility index (Phi) is 6.11. The molecular weight excluding hydrogens is 424 g/mol. The van der Waals surface area contributed by atoms with Crippen LogP contribution in [0.3, 0.4) is 0 Å². The molecule has 2 aromatic carbocycles. The number of benzene rings is 2. The van der Waals surface area contributed by atoms with Crippen molar-refractivity contribution < 1.29 is 27.6 Å². The zero-order valence-electron chi connectivity index (χ0n) is 17.0. The van der Waals surface area contributed by atoms with Gasteiger partial charge in [0.2, 0.25) is 15.9 Å². The molecule has 1 aromatic heterocycles. The van der Waals surface area contributed by atoms with E-state index in [0.29, 0.717) is 22.6 Å². The Bertz CT molecular complexity index is 1180. The molecule has 11 heteroatoms. The van der Waals surface area contributed by atoms with E-state index >= 15 is 0 Å². The molecule has 1 heterocycles. The van der Waals surface area contributed by atoms with Crippen molar-refractivity contribution >= 4 is 32.9 Å². The largest absolute Gasteiger partial charge is 0.436 e. The van der Waals surface area contributed by atoms with Crippen LogP contribution in [0.25, 0.3) is 22.6 Å². The minimum atomic E-state index is -3.70. The van der Waals surface area contributed by atoms with Crippen LogP contribution in [-0.2, 0) is 14.8 Å². The number of hydrogen-bond donors (Lipinski definition) is 4. The second kappa shape index (κ2) is 8.46. The van der Waals surface area contributed by atoms with E-state index in [-0.39, 0.29) is 5.56 Å². The number of sulfonamides is 1. The van der Waals surface area contributed by atoms with Crippen molar-refractivity contribution in [2.75, 3.05) is 6.26 Å². The maximum Gasteiger partial charge on any atom is 0.267 e. The Balaban J connectivity index is 1.81. The number of nitrogens with one attached hydrogen (secondary N) is 3. The fraction of sp³-hybridized carbons (Fsp3) is 0.250. The topological polar surface area (TPSA) is 151 Å². The Hall–Kier alpha value is -3.28. The van der Waals surface area contributed by atoms with Gasteiger partial charge >= 0.3 is 0 Å². The second-order valence-corrected chi connectivity index (χ2v) is 9.29. The molecule has 3 aromatic rings. The summed E-state index contributed by atoms with van der Waals surface area (Å²) in [4.78, 5) is 29.2. The van der Waals surface area contributed by atoms with E-state index in [1.165, 1.54) is 31.5 Å². The van der Waals surface area contributed by atoms with Crippen molar-refractivity contribution in [2.24, 2.45) is 0 Å². The SMILES string of the molecule is CC(C)(NS(C)(=O)=O)[C@H](NC(=O)c1ccc(-c2nc3ccccc3o2)cc1)C(=O)NO. The summed E-state index contributed by atoms with van der Waals surface area (Å²) in [5.74, 6) is -1.22. The predicted octanol–water partition coefficient (Wildman–Crippen LogP) is 1.43. The summed E-state index contributed by atoms with van der Waals surface area (Å²) in [6.45, 7) is 2.81. The summed E-state index contributed by atoms with van der Waals surface area (Å²) in [5, 5.41) is 11.5. The number of oxazole rings is 1. The standard InChI is InChI=1S/C20H22N4O6S/c1-20(2,24-31(3,28)29)16(18(26)23-27)22-17(25)12-8-10-13(11-9-12)19-21-14-6-4-5-7-15(14)30-19/h4-11,16,24,27H,1-3H3,(H,22,25)(H,23,26)/t16-/m1/s1. The predicted molar refractivity (Wildman–Crippen MR) is 113 cm³/mol. The maximum absolute atomic E-state index is 12.7. The van der Waals surface area contributed by atoms with Crippen molar-refractivity contribution in [2.45, 2.75) is 25.4 Å². The van der Waals surface area contributed by atoms with Gasteiger partial charge < -0.3 is 9.73 Å². The third-order valence-electron chi connectivity index (χ3n) is 4.51. The van der Waals surface area contributed by atoms with Crippen LogP contribution in [0.5, 0.6) is 0 Å². The second-order valence-electron chi connectivity index (χ2n) is 7.54. The molecule has 4 N–H and O–H groups in total. The van der Waals surface area contributed by atoms with Gasteiger partial charge in [-0.05, 0) is 50.2 Å². The monoisotopic (exact) mass is 446 g/mol. The molecular formula is C20H22N4O6S. The van der Waals surface area contributed by atoms with Gasteiger partial charge in [-0.25, -0.2) is 23.6 Å². The Labute approximate surface area is 178 Å². The molecule has 0 saturated carbocycles. The van der Waals surface area contributed by atoms with Gasteiger partial charge in [-0.15, -0.1) is 0 Å². The van der Waals surface area contributed by atoms with Crippen LogP contribution in [0.4, 0.5) is 0 Å². The number of carbonyl (C=O) groups excluding carboxylic acids is 2. The highest BCUT2D eigenvalue weighted by atomic mass is 32.2. The molecule has 0 saturated heterocycles. The van der Waals surface area contributed by atoms with E-state index in [2.05, 4.69) is 15.0 Å². The lowest BCUT2D eigenvalue weighted by Gasteiger charge is -2.33. The molecule has 0 bridgehead atoms. The number of para-hydroxylation sites is 2. The zero-order valence-corrected chi connectivity index (χ0v) is 17.9. The van der Waals surface area contributed by atoms with E-state index in [1.54, 1.807) is 18.2 Å². The minimum Gasteiger partial charge on any atom is -0.436 e. The number of rotatable bonds is 7. The van der Waals surface area contributed by atoms with Crippen molar-refractivity contribution in [3.8, 4) is 11.5 Å². The van der Waals surface area contributed by atoms with Crippen LogP contribution < -0.4 is 15.5 Å². The lowest BCUT2D eigenvalue weighted by molar-refractivity contribution is -0.132. The molecule has 10 nitrogen and oxygen atoms in total. The lowest BCUT2D eigenvalue weighted by atomic mass is 9.94. The van der Waals surface area contributed by atoms with E-state index in [0.717, 1.165) is 6.26 Å². The van der Waals surface area contributed by atoms with Crippen molar-refractivity contribution in [3.63, 3.8) is 0 Å². The summed E-state index contributed by atoms with van der Waals surface area (Å²) in [6, 6.07) is 12.2. The number of nitrogens with zero attached hydrogens (tertiary/aromatic N) is 1. The van der Waals surface area contributed by atoms with Crippen molar-refractivity contribution in [1.82, 2.24) is 20.5 Å². The van der Waals surface area contributed by atoms with Crippen LogP contribution >= 0.6 is 0 Å². The summed E-state index contributed by atoms with van der Waals surface area (Å²) < 4.78 is 31.2. The van der Waals surface area contributed by atoms with Crippen LogP contribution in [0.1, 0.15) is 24.2 Å². The fourth-order valence-corrected chi connectivity index (χ4v) is 4.22. The normalized spacial score (nSPS) is 13.0. The number of amides is 2. The van der Waals surface area contributed by atoms with Gasteiger partial charge in [0, 0.05) is 11.1 Å². The average Bonchev–Trinajstić information content (AvgIpc) is 3.13. The summed E-state index contributed by atoms with van der Waals surface area (Å²) >= 11 is 0. The molecule has 0 spiro atoms. The quantitative estimate of drug-likeness (QED) is 0.317. The van der Waals surface area contributed by atoms with Crippen LogP contribution in [0, 0.1) is 0 Å². The highest BCUT2D eigenvalue weighted by Gasteiger charge is 2.38. The molecule has 0 aliphatic rings. The van der Waals surface area contributed by atoms with Gasteiger partial charge in [0.1, 0.15) is 11.6 Å². The number of aromatic nitrogens is 1. The number of fused-ring (bicyclic) bond motifs is 1. The summed E-state index contributed by atoms with van der Waals surface area (Å²) in [5.41, 5.74) is 2.23. The Morgan fingerprint density at radius 1 is 1.10 bits per heavy atom. The first-order valence-electron chi connectivity index (χ1n) is 9.20. The highest BCUT2D eigenvalue weighted by Crippen LogP contribution is 2.24. The molecule has 2 amide bonds. The molecule has 0 unspecified atom stereocenters. The number of hydrogen-bond acceptors (Lipinski definition) is 7. The van der Waals surface area contributed by atoms with Crippen molar-refractivity contribution in [1.29, 1.82) is 0 Å². The summed E-state index contributed by atoms with van der Waals surface area (Å²) in [6.07, 6.45) is 0.926. The van der Waals surface area contributed by atoms with Crippen LogP contribution in [0.15, 0.2) is 52.9 Å². The highest BCUT2D eigenvalue weighted by molar-refractivity contribution is 7.88. The number of carbonyl (C=O) groups is 2. The number of hydroxylamine groups is 1. The van der Waals surface area contributed by atoms with Crippen LogP contribution in [-0.4, -0.2) is 48.3 Å². The molecule has 31 heavy (non-hydrogen) atoms. The first kappa shape index (κ1) is 22.4. The third-order valence-corrected chi connectivity index (χ3v) is 5.40. The average molecular weight is 446 g/mol. The molecule has 164 valence electrons. The lowest BCUT2D eigenvalue weighted by Crippen LogP contribution is -2.64. The van der Waals surface area contributed by atoms with E-state index in [9.17, 15) is 18.0 Å². The first-order chi connectivity index (χ1) is 14.5. The fourth-order valence-electron chi connectivity index (χ4n) is 3.15. The van der Waals surface area contributed by atoms with Gasteiger partial charge in [-0.1, -0.05) is 12.1 Å². The Morgan fingerprint density at radius 2 is 1.74 bits per heavy atom. The molecule has 0 aliphatic carbocycles. The third kappa shape index (κ3) is 5.26. The molecule has 3 rings (SSSR count). The zero-order chi connectivity index (χ0) is 22.8. The van der Waals surface area contributed by atoms with Gasteiger partial charge in [0.05, 0.1) is 11.8 Å². The minimum absolute atomic E-state index is 0.214. The Morgan fingerprint density at radius 3 is 2.32 bits per heavy atom. The maximum atomic E-state index is 12.7. The molecule has 0 fully saturated rings.